The van der Waals surface area contributed by atoms with Crippen LogP contribution in [0.25, 0.3) is 0 Å². The van der Waals surface area contributed by atoms with E-state index in [9.17, 15) is 14.4 Å². The van der Waals surface area contributed by atoms with Gasteiger partial charge >= 0.3 is 18.0 Å². The van der Waals surface area contributed by atoms with Crippen molar-refractivity contribution in [3.05, 3.63) is 46.2 Å². The van der Waals surface area contributed by atoms with E-state index < -0.39 is 12.0 Å². The molecule has 2 heterocycles. The van der Waals surface area contributed by atoms with Crippen molar-refractivity contribution < 1.29 is 19.1 Å². The lowest BCUT2D eigenvalue weighted by atomic mass is 9.90. The van der Waals surface area contributed by atoms with Crippen LogP contribution in [0.1, 0.15) is 57.4 Å². The smallest absolute Gasteiger partial charge is 0.338 e. The van der Waals surface area contributed by atoms with Gasteiger partial charge in [0.2, 0.25) is 0 Å². The molecule has 4 amide bonds. The Morgan fingerprint density at radius 3 is 2.36 bits per heavy atom. The fourth-order valence-corrected chi connectivity index (χ4v) is 4.68. The highest BCUT2D eigenvalue weighted by Crippen LogP contribution is 2.34. The van der Waals surface area contributed by atoms with Crippen LogP contribution in [-0.2, 0) is 9.53 Å². The molecule has 0 bridgehead atoms. The standard InChI is InChI=1S/C27H41N5O4/c1-8-32-21(17-30-12-14-31(15-13-30)26(35)29-27(5,6)7)22(24(33)36-9-2)23(28-25(32)34)20-16-18(3)10-11-19(20)4/h10-11,16,23H,8-9,12-15,17H2,1-7H3,(H,28,34)(H,29,35)/t23-/m1/s1. The summed E-state index contributed by atoms with van der Waals surface area (Å²) in [6, 6.07) is 5.16. The molecule has 1 fully saturated rings. The van der Waals surface area contributed by atoms with E-state index in [4.69, 9.17) is 4.74 Å². The van der Waals surface area contributed by atoms with Crippen molar-refractivity contribution in [3.63, 3.8) is 0 Å². The number of carbonyl (C=O) groups excluding carboxylic acids is 3. The first-order valence-electron chi connectivity index (χ1n) is 12.8. The maximum absolute atomic E-state index is 13.3. The highest BCUT2D eigenvalue weighted by molar-refractivity contribution is 5.95. The number of nitrogens with one attached hydrogen (secondary N) is 2. The summed E-state index contributed by atoms with van der Waals surface area (Å²) in [7, 11) is 0. The minimum Gasteiger partial charge on any atom is -0.463 e. The number of urea groups is 2. The average molecular weight is 500 g/mol. The van der Waals surface area contributed by atoms with Gasteiger partial charge in [0.25, 0.3) is 0 Å². The topological polar surface area (TPSA) is 94.2 Å². The van der Waals surface area contributed by atoms with Gasteiger partial charge < -0.3 is 20.3 Å². The fraction of sp³-hybridized carbons (Fsp3) is 0.593. The zero-order valence-electron chi connectivity index (χ0n) is 22.7. The molecule has 2 N–H and O–H groups in total. The number of piperazine rings is 1. The monoisotopic (exact) mass is 499 g/mol. The fourth-order valence-electron chi connectivity index (χ4n) is 4.68. The Morgan fingerprint density at radius 2 is 1.78 bits per heavy atom. The van der Waals surface area contributed by atoms with Gasteiger partial charge in [0.15, 0.2) is 0 Å². The highest BCUT2D eigenvalue weighted by Gasteiger charge is 2.39. The summed E-state index contributed by atoms with van der Waals surface area (Å²) in [6.07, 6.45) is 0. The number of nitrogens with zero attached hydrogens (tertiary/aromatic N) is 3. The molecular weight excluding hydrogens is 458 g/mol. The molecule has 1 aromatic carbocycles. The van der Waals surface area contributed by atoms with Gasteiger partial charge in [-0.15, -0.1) is 0 Å². The molecule has 1 aromatic rings. The predicted molar refractivity (Wildman–Crippen MR) is 140 cm³/mol. The molecule has 1 atom stereocenters. The average Bonchev–Trinajstić information content (AvgIpc) is 2.80. The summed E-state index contributed by atoms with van der Waals surface area (Å²) < 4.78 is 5.49. The van der Waals surface area contributed by atoms with Crippen molar-refractivity contribution in [1.29, 1.82) is 0 Å². The Kier molecular flexibility index (Phi) is 8.66. The summed E-state index contributed by atoms with van der Waals surface area (Å²) in [4.78, 5) is 44.8. The number of esters is 1. The Morgan fingerprint density at radius 1 is 1.11 bits per heavy atom. The Bertz CT molecular complexity index is 1020. The molecule has 2 aliphatic rings. The Balaban J connectivity index is 1.93. The number of hydrogen-bond acceptors (Lipinski definition) is 5. The van der Waals surface area contributed by atoms with E-state index in [-0.39, 0.29) is 24.2 Å². The number of amides is 4. The third kappa shape index (κ3) is 6.37. The minimum absolute atomic E-state index is 0.0733. The second-order valence-electron chi connectivity index (χ2n) is 10.5. The van der Waals surface area contributed by atoms with E-state index >= 15 is 0 Å². The van der Waals surface area contributed by atoms with Crippen LogP contribution in [0.3, 0.4) is 0 Å². The Labute approximate surface area is 214 Å². The van der Waals surface area contributed by atoms with Crippen molar-refractivity contribution >= 4 is 18.0 Å². The maximum Gasteiger partial charge on any atom is 0.338 e. The van der Waals surface area contributed by atoms with Crippen LogP contribution in [0.15, 0.2) is 29.5 Å². The molecule has 1 saturated heterocycles. The lowest BCUT2D eigenvalue weighted by Gasteiger charge is -2.41. The number of ether oxygens (including phenoxy) is 1. The molecule has 0 radical (unpaired) electrons. The first-order chi connectivity index (χ1) is 16.9. The second-order valence-corrected chi connectivity index (χ2v) is 10.5. The number of aryl methyl sites for hydroxylation is 2. The maximum atomic E-state index is 13.3. The molecular formula is C27H41N5O4. The molecule has 3 rings (SSSR count). The second kappa shape index (κ2) is 11.3. The molecule has 0 aromatic heterocycles. The first-order valence-corrected chi connectivity index (χ1v) is 12.8. The van der Waals surface area contributed by atoms with Crippen LogP contribution in [0.5, 0.6) is 0 Å². The van der Waals surface area contributed by atoms with E-state index in [2.05, 4.69) is 15.5 Å². The number of benzene rings is 1. The van der Waals surface area contributed by atoms with Crippen LogP contribution in [0.4, 0.5) is 9.59 Å². The zero-order valence-corrected chi connectivity index (χ0v) is 22.7. The first kappa shape index (κ1) is 27.5. The van der Waals surface area contributed by atoms with Crippen LogP contribution >= 0.6 is 0 Å². The van der Waals surface area contributed by atoms with E-state index in [0.717, 1.165) is 16.7 Å². The van der Waals surface area contributed by atoms with Crippen molar-refractivity contribution in [3.8, 4) is 0 Å². The summed E-state index contributed by atoms with van der Waals surface area (Å²) in [6.45, 7) is 17.1. The van der Waals surface area contributed by atoms with Gasteiger partial charge in [-0.25, -0.2) is 14.4 Å². The highest BCUT2D eigenvalue weighted by atomic mass is 16.5. The summed E-state index contributed by atoms with van der Waals surface area (Å²) in [5, 5.41) is 6.06. The van der Waals surface area contributed by atoms with Gasteiger partial charge in [0.05, 0.1) is 18.2 Å². The predicted octanol–water partition coefficient (Wildman–Crippen LogP) is 3.33. The van der Waals surface area contributed by atoms with Crippen molar-refractivity contribution in [2.45, 2.75) is 60.0 Å². The Hall–Kier alpha value is -3.07. The molecule has 0 spiro atoms. The molecule has 9 nitrogen and oxygen atoms in total. The summed E-state index contributed by atoms with van der Waals surface area (Å²) in [5.74, 6) is -0.417. The van der Waals surface area contributed by atoms with Crippen LogP contribution < -0.4 is 10.6 Å². The lowest BCUT2D eigenvalue weighted by Crippen LogP contribution is -2.56. The normalized spacial score (nSPS) is 19.3. The van der Waals surface area contributed by atoms with E-state index in [0.29, 0.717) is 50.5 Å². The van der Waals surface area contributed by atoms with Gasteiger partial charge in [0, 0.05) is 50.5 Å². The van der Waals surface area contributed by atoms with Gasteiger partial charge in [-0.05, 0) is 59.6 Å². The van der Waals surface area contributed by atoms with Crippen molar-refractivity contribution in [1.82, 2.24) is 25.3 Å². The number of carbonyl (C=O) groups is 3. The third-order valence-electron chi connectivity index (χ3n) is 6.51. The van der Waals surface area contributed by atoms with E-state index in [1.165, 1.54) is 0 Å². The molecule has 2 aliphatic heterocycles. The third-order valence-corrected chi connectivity index (χ3v) is 6.51. The molecule has 9 heteroatoms. The van der Waals surface area contributed by atoms with Gasteiger partial charge in [-0.3, -0.25) is 9.80 Å². The largest absolute Gasteiger partial charge is 0.463 e. The lowest BCUT2D eigenvalue weighted by molar-refractivity contribution is -0.139. The van der Waals surface area contributed by atoms with E-state index in [1.807, 2.05) is 64.6 Å². The molecule has 0 saturated carbocycles. The quantitative estimate of drug-likeness (QED) is 0.586. The zero-order chi connectivity index (χ0) is 26.6. The SMILES string of the molecule is CCOC(=O)C1=C(CN2CCN(C(=O)NC(C)(C)C)CC2)N(CC)C(=O)N[C@@H]1c1cc(C)ccc1C. The molecule has 36 heavy (non-hydrogen) atoms. The van der Waals surface area contributed by atoms with Crippen LogP contribution in [-0.4, -0.2) is 84.1 Å². The number of hydrogen-bond donors (Lipinski definition) is 2. The van der Waals surface area contributed by atoms with Crippen LogP contribution in [0.2, 0.25) is 0 Å². The number of likely N-dealkylation sites (N-methyl/N-ethyl adjacent to an activating group) is 1. The number of rotatable bonds is 6. The molecule has 0 aliphatic carbocycles. The molecule has 0 unspecified atom stereocenters. The summed E-state index contributed by atoms with van der Waals surface area (Å²) >= 11 is 0. The van der Waals surface area contributed by atoms with Crippen LogP contribution in [0, 0.1) is 13.8 Å². The van der Waals surface area contributed by atoms with Crippen molar-refractivity contribution in [2.24, 2.45) is 0 Å². The minimum atomic E-state index is -0.590. The van der Waals surface area contributed by atoms with E-state index in [1.54, 1.807) is 11.8 Å². The van der Waals surface area contributed by atoms with Crippen molar-refractivity contribution in [2.75, 3.05) is 45.9 Å². The van der Waals surface area contributed by atoms with Gasteiger partial charge in [0.1, 0.15) is 0 Å². The summed E-state index contributed by atoms with van der Waals surface area (Å²) in [5.41, 5.74) is 3.78. The molecule has 198 valence electrons. The van der Waals surface area contributed by atoms with Gasteiger partial charge in [-0.2, -0.15) is 0 Å². The van der Waals surface area contributed by atoms with Gasteiger partial charge in [-0.1, -0.05) is 23.8 Å².